The van der Waals surface area contributed by atoms with Gasteiger partial charge in [0.1, 0.15) is 0 Å². The van der Waals surface area contributed by atoms with Gasteiger partial charge in [0.25, 0.3) is 5.91 Å². The van der Waals surface area contributed by atoms with E-state index in [1.54, 1.807) is 0 Å². The van der Waals surface area contributed by atoms with Crippen molar-refractivity contribution in [2.45, 2.75) is 24.8 Å². The second-order valence-corrected chi connectivity index (χ2v) is 4.60. The third-order valence-electron chi connectivity index (χ3n) is 3.19. The molecule has 0 spiro atoms. The molecule has 5 nitrogen and oxygen atoms in total. The highest BCUT2D eigenvalue weighted by molar-refractivity contribution is 5.94. The van der Waals surface area contributed by atoms with Gasteiger partial charge in [-0.05, 0) is 37.5 Å². The number of phenolic OH excluding ortho intramolecular Hbond substituents is 2. The minimum absolute atomic E-state index is 0.240. The number of phenols is 2. The Morgan fingerprint density at radius 1 is 1.35 bits per heavy atom. The number of benzene rings is 1. The lowest BCUT2D eigenvalue weighted by Gasteiger charge is -2.38. The molecule has 0 aliphatic heterocycles. The first-order valence-electron chi connectivity index (χ1n) is 5.59. The van der Waals surface area contributed by atoms with Crippen molar-refractivity contribution >= 4 is 5.91 Å². The Morgan fingerprint density at radius 2 is 2.06 bits per heavy atom. The summed E-state index contributed by atoms with van der Waals surface area (Å²) in [5.41, 5.74) is 6.02. The number of carbonyl (C=O) groups excluding carboxylic acids is 1. The van der Waals surface area contributed by atoms with E-state index in [-0.39, 0.29) is 22.9 Å². The third-order valence-corrected chi connectivity index (χ3v) is 3.19. The van der Waals surface area contributed by atoms with Gasteiger partial charge in [0.2, 0.25) is 0 Å². The second-order valence-electron chi connectivity index (χ2n) is 4.60. The molecule has 0 heterocycles. The minimum Gasteiger partial charge on any atom is -0.504 e. The van der Waals surface area contributed by atoms with Crippen LogP contribution in [0, 0.1) is 0 Å². The molecule has 1 aliphatic carbocycles. The Morgan fingerprint density at radius 3 is 2.59 bits per heavy atom. The van der Waals surface area contributed by atoms with Crippen LogP contribution in [0.25, 0.3) is 0 Å². The predicted octanol–water partition coefficient (Wildman–Crippen LogP) is 0.709. The largest absolute Gasteiger partial charge is 0.504 e. The Labute approximate surface area is 99.3 Å². The van der Waals surface area contributed by atoms with Crippen molar-refractivity contribution in [3.05, 3.63) is 23.8 Å². The maximum Gasteiger partial charge on any atom is 0.251 e. The Hall–Kier alpha value is -1.75. The van der Waals surface area contributed by atoms with Crippen molar-refractivity contribution in [3.8, 4) is 11.5 Å². The molecular weight excluding hydrogens is 220 g/mol. The molecule has 0 aromatic heterocycles. The quantitative estimate of drug-likeness (QED) is 0.581. The average Bonchev–Trinajstić information content (AvgIpc) is 2.27. The number of amides is 1. The zero-order valence-corrected chi connectivity index (χ0v) is 9.44. The highest BCUT2D eigenvalue weighted by atomic mass is 16.3. The molecule has 17 heavy (non-hydrogen) atoms. The molecule has 0 unspecified atom stereocenters. The van der Waals surface area contributed by atoms with Crippen LogP contribution in [0.3, 0.4) is 0 Å². The van der Waals surface area contributed by atoms with Crippen LogP contribution in [0.15, 0.2) is 18.2 Å². The molecule has 1 saturated carbocycles. The van der Waals surface area contributed by atoms with Crippen LogP contribution >= 0.6 is 0 Å². The summed E-state index contributed by atoms with van der Waals surface area (Å²) >= 11 is 0. The second kappa shape index (κ2) is 4.25. The van der Waals surface area contributed by atoms with Crippen LogP contribution in [0.1, 0.15) is 29.6 Å². The van der Waals surface area contributed by atoms with E-state index in [0.717, 1.165) is 19.3 Å². The van der Waals surface area contributed by atoms with Crippen LogP contribution < -0.4 is 11.1 Å². The zero-order chi connectivity index (χ0) is 12.5. The molecule has 0 radical (unpaired) electrons. The lowest BCUT2D eigenvalue weighted by atomic mass is 9.78. The number of hydrogen-bond donors (Lipinski definition) is 4. The summed E-state index contributed by atoms with van der Waals surface area (Å²) in [4.78, 5) is 11.7. The molecule has 5 N–H and O–H groups in total. The normalized spacial score (nSPS) is 17.2. The summed E-state index contributed by atoms with van der Waals surface area (Å²) < 4.78 is 0. The molecule has 1 aliphatic rings. The van der Waals surface area contributed by atoms with E-state index in [1.165, 1.54) is 18.2 Å². The molecule has 0 saturated heterocycles. The van der Waals surface area contributed by atoms with E-state index >= 15 is 0 Å². The number of carbonyl (C=O) groups is 1. The van der Waals surface area contributed by atoms with E-state index < -0.39 is 0 Å². The highest BCUT2D eigenvalue weighted by Crippen LogP contribution is 2.28. The first kappa shape index (κ1) is 11.7. The van der Waals surface area contributed by atoms with Crippen molar-refractivity contribution in [2.24, 2.45) is 5.73 Å². The van der Waals surface area contributed by atoms with E-state index in [1.807, 2.05) is 0 Å². The van der Waals surface area contributed by atoms with E-state index in [2.05, 4.69) is 5.32 Å². The molecule has 1 aromatic carbocycles. The zero-order valence-electron chi connectivity index (χ0n) is 9.44. The Bertz CT molecular complexity index is 441. The van der Waals surface area contributed by atoms with Crippen molar-refractivity contribution in [1.29, 1.82) is 0 Å². The maximum absolute atomic E-state index is 11.7. The van der Waals surface area contributed by atoms with Crippen molar-refractivity contribution < 1.29 is 15.0 Å². The van der Waals surface area contributed by atoms with Gasteiger partial charge in [-0.2, -0.15) is 0 Å². The predicted molar refractivity (Wildman–Crippen MR) is 62.9 cm³/mol. The molecule has 1 amide bonds. The van der Waals surface area contributed by atoms with Crippen LogP contribution in [0.5, 0.6) is 11.5 Å². The summed E-state index contributed by atoms with van der Waals surface area (Å²) in [5.74, 6) is -0.836. The van der Waals surface area contributed by atoms with E-state index in [4.69, 9.17) is 10.8 Å². The average molecular weight is 236 g/mol. The molecule has 92 valence electrons. The summed E-state index contributed by atoms with van der Waals surface area (Å²) in [7, 11) is 0. The fourth-order valence-electron chi connectivity index (χ4n) is 1.83. The van der Waals surface area contributed by atoms with E-state index in [9.17, 15) is 9.90 Å². The minimum atomic E-state index is -0.302. The molecule has 1 aromatic rings. The van der Waals surface area contributed by atoms with Gasteiger partial charge in [0, 0.05) is 17.6 Å². The molecule has 2 rings (SSSR count). The number of nitrogens with one attached hydrogen (secondary N) is 1. The van der Waals surface area contributed by atoms with Gasteiger partial charge in [0.15, 0.2) is 11.5 Å². The topological polar surface area (TPSA) is 95.6 Å². The number of rotatable bonds is 3. The van der Waals surface area contributed by atoms with Crippen LogP contribution in [-0.2, 0) is 0 Å². The standard InChI is InChI=1S/C12H16N2O3/c13-12(4-1-5-12)7-14-11(17)8-2-3-9(15)10(16)6-8/h2-3,6,15-16H,1,4-5,7,13H2,(H,14,17). The van der Waals surface area contributed by atoms with Gasteiger partial charge in [-0.15, -0.1) is 0 Å². The van der Waals surface area contributed by atoms with Gasteiger partial charge < -0.3 is 21.3 Å². The molecule has 0 bridgehead atoms. The fourth-order valence-corrected chi connectivity index (χ4v) is 1.83. The van der Waals surface area contributed by atoms with Gasteiger partial charge >= 0.3 is 0 Å². The summed E-state index contributed by atoms with van der Waals surface area (Å²) in [6.07, 6.45) is 2.95. The summed E-state index contributed by atoms with van der Waals surface area (Å²) in [5, 5.41) is 21.1. The van der Waals surface area contributed by atoms with E-state index in [0.29, 0.717) is 12.1 Å². The van der Waals surface area contributed by atoms with Gasteiger partial charge in [-0.1, -0.05) is 0 Å². The van der Waals surface area contributed by atoms with Gasteiger partial charge in [-0.25, -0.2) is 0 Å². The number of aromatic hydroxyl groups is 2. The van der Waals surface area contributed by atoms with Gasteiger partial charge in [0.05, 0.1) is 0 Å². The molecule has 5 heteroatoms. The summed E-state index contributed by atoms with van der Waals surface area (Å²) in [6, 6.07) is 3.97. The molecule has 1 fully saturated rings. The Balaban J connectivity index is 1.97. The SMILES string of the molecule is NC1(CNC(=O)c2ccc(O)c(O)c2)CCC1. The van der Waals surface area contributed by atoms with Crippen molar-refractivity contribution in [3.63, 3.8) is 0 Å². The van der Waals surface area contributed by atoms with Crippen molar-refractivity contribution in [1.82, 2.24) is 5.32 Å². The van der Waals surface area contributed by atoms with Crippen molar-refractivity contribution in [2.75, 3.05) is 6.54 Å². The first-order chi connectivity index (χ1) is 8.00. The van der Waals surface area contributed by atoms with Crippen LogP contribution in [0.4, 0.5) is 0 Å². The Kier molecular flexibility index (Phi) is 2.93. The monoisotopic (exact) mass is 236 g/mol. The fraction of sp³-hybridized carbons (Fsp3) is 0.417. The lowest BCUT2D eigenvalue weighted by Crippen LogP contribution is -2.54. The first-order valence-corrected chi connectivity index (χ1v) is 5.59. The van der Waals surface area contributed by atoms with Crippen LogP contribution in [0.2, 0.25) is 0 Å². The third kappa shape index (κ3) is 2.50. The number of nitrogens with two attached hydrogens (primary N) is 1. The lowest BCUT2D eigenvalue weighted by molar-refractivity contribution is 0.0929. The maximum atomic E-state index is 11.7. The smallest absolute Gasteiger partial charge is 0.251 e. The summed E-state index contributed by atoms with van der Waals surface area (Å²) in [6.45, 7) is 0.438. The molecule has 0 atom stereocenters. The van der Waals surface area contributed by atoms with Crippen LogP contribution in [-0.4, -0.2) is 28.2 Å². The number of hydrogen-bond acceptors (Lipinski definition) is 4. The molecular formula is C12H16N2O3. The van der Waals surface area contributed by atoms with Gasteiger partial charge in [-0.3, -0.25) is 4.79 Å². The highest BCUT2D eigenvalue weighted by Gasteiger charge is 2.32.